The lowest BCUT2D eigenvalue weighted by atomic mass is 9.85. The molecule has 1 saturated carbocycles. The molecule has 2 bridgehead atoms. The standard InChI is InChI=1S/C24H21ClN2O3/c25-17-8-10-18(11-9-17)26-22(28)19(12-14-4-2-1-3-5-14)27-23(29)20-15-6-7-16(13-15)21(20)24(27)30/h1-11,15-16,19-21H,12-13H2,(H,26,28)/t15-,16-,19+,20-,21-/m0/s1. The Balaban J connectivity index is 1.45. The van der Waals surface area contributed by atoms with Gasteiger partial charge < -0.3 is 5.32 Å². The topological polar surface area (TPSA) is 66.5 Å². The second-order valence-electron chi connectivity index (χ2n) is 8.25. The van der Waals surface area contributed by atoms with Crippen LogP contribution in [0.5, 0.6) is 0 Å². The number of anilines is 1. The Morgan fingerprint density at radius 2 is 1.57 bits per heavy atom. The van der Waals surface area contributed by atoms with Crippen molar-refractivity contribution in [1.82, 2.24) is 4.90 Å². The van der Waals surface area contributed by atoms with Crippen molar-refractivity contribution in [2.75, 3.05) is 5.32 Å². The fraction of sp³-hybridized carbons (Fsp3) is 0.292. The molecule has 1 N–H and O–H groups in total. The first-order chi connectivity index (χ1) is 14.5. The van der Waals surface area contributed by atoms with Crippen LogP contribution in [0.25, 0.3) is 0 Å². The minimum atomic E-state index is -0.895. The number of amides is 3. The highest BCUT2D eigenvalue weighted by Crippen LogP contribution is 2.53. The predicted octanol–water partition coefficient (Wildman–Crippen LogP) is 3.70. The van der Waals surface area contributed by atoms with Gasteiger partial charge in [-0.05, 0) is 48.1 Å². The van der Waals surface area contributed by atoms with Crippen LogP contribution in [0, 0.1) is 23.7 Å². The molecule has 2 aromatic rings. The molecule has 1 heterocycles. The second kappa shape index (κ2) is 7.40. The lowest BCUT2D eigenvalue weighted by molar-refractivity contribution is -0.147. The maximum atomic E-state index is 13.3. The number of nitrogens with one attached hydrogen (secondary N) is 1. The quantitative estimate of drug-likeness (QED) is 0.592. The summed E-state index contributed by atoms with van der Waals surface area (Å²) < 4.78 is 0. The molecule has 1 aliphatic heterocycles. The normalized spacial score (nSPS) is 27.4. The number of nitrogens with zero attached hydrogens (tertiary/aromatic N) is 1. The smallest absolute Gasteiger partial charge is 0.248 e. The molecule has 0 spiro atoms. The van der Waals surface area contributed by atoms with E-state index < -0.39 is 6.04 Å². The first-order valence-electron chi connectivity index (χ1n) is 10.2. The Morgan fingerprint density at radius 3 is 2.17 bits per heavy atom. The van der Waals surface area contributed by atoms with Gasteiger partial charge in [0.05, 0.1) is 11.8 Å². The molecule has 30 heavy (non-hydrogen) atoms. The van der Waals surface area contributed by atoms with E-state index in [4.69, 9.17) is 11.6 Å². The molecule has 0 unspecified atom stereocenters. The number of likely N-dealkylation sites (tertiary alicyclic amines) is 1. The highest BCUT2D eigenvalue weighted by molar-refractivity contribution is 6.30. The summed E-state index contributed by atoms with van der Waals surface area (Å²) in [6, 6.07) is 15.3. The van der Waals surface area contributed by atoms with E-state index in [9.17, 15) is 14.4 Å². The van der Waals surface area contributed by atoms with Crippen LogP contribution in [0.4, 0.5) is 5.69 Å². The van der Waals surface area contributed by atoms with Crippen molar-refractivity contribution in [3.8, 4) is 0 Å². The molecule has 2 fully saturated rings. The zero-order valence-electron chi connectivity index (χ0n) is 16.2. The first kappa shape index (κ1) is 19.1. The molecule has 2 aliphatic carbocycles. The Bertz CT molecular complexity index is 1000. The summed E-state index contributed by atoms with van der Waals surface area (Å²) in [6.45, 7) is 0. The number of imide groups is 1. The molecule has 0 aromatic heterocycles. The van der Waals surface area contributed by atoms with Crippen molar-refractivity contribution < 1.29 is 14.4 Å². The molecular formula is C24H21ClN2O3. The summed E-state index contributed by atoms with van der Waals surface area (Å²) in [5.74, 6) is -1.23. The Hall–Kier alpha value is -2.92. The number of rotatable bonds is 5. The second-order valence-corrected chi connectivity index (χ2v) is 8.68. The Morgan fingerprint density at radius 1 is 0.967 bits per heavy atom. The summed E-state index contributed by atoms with van der Waals surface area (Å²) in [5, 5.41) is 3.42. The molecule has 3 aliphatic rings. The van der Waals surface area contributed by atoms with E-state index in [0.717, 1.165) is 12.0 Å². The fourth-order valence-electron chi connectivity index (χ4n) is 5.13. The van der Waals surface area contributed by atoms with Gasteiger partial charge in [-0.1, -0.05) is 54.1 Å². The molecule has 5 atom stereocenters. The Labute approximate surface area is 179 Å². The van der Waals surface area contributed by atoms with E-state index in [1.54, 1.807) is 24.3 Å². The average molecular weight is 421 g/mol. The van der Waals surface area contributed by atoms with E-state index in [1.165, 1.54) is 4.90 Å². The minimum absolute atomic E-state index is 0.109. The molecule has 3 amide bonds. The van der Waals surface area contributed by atoms with Gasteiger partial charge in [0, 0.05) is 17.1 Å². The van der Waals surface area contributed by atoms with E-state index in [2.05, 4.69) is 17.5 Å². The van der Waals surface area contributed by atoms with Gasteiger partial charge in [-0.15, -0.1) is 0 Å². The molecule has 2 aromatic carbocycles. The maximum Gasteiger partial charge on any atom is 0.248 e. The predicted molar refractivity (Wildman–Crippen MR) is 114 cm³/mol. The van der Waals surface area contributed by atoms with Crippen LogP contribution in [-0.4, -0.2) is 28.7 Å². The first-order valence-corrected chi connectivity index (χ1v) is 10.6. The zero-order chi connectivity index (χ0) is 20.8. The minimum Gasteiger partial charge on any atom is -0.324 e. The number of benzene rings is 2. The SMILES string of the molecule is O=C(Nc1ccc(Cl)cc1)[C@@H](Cc1ccccc1)N1C(=O)[C@@H]2[C@@H](C1=O)[C@H]1C=C[C@H]2C1. The van der Waals surface area contributed by atoms with Gasteiger partial charge in [-0.3, -0.25) is 19.3 Å². The summed E-state index contributed by atoms with van der Waals surface area (Å²) in [7, 11) is 0. The van der Waals surface area contributed by atoms with Crippen LogP contribution in [-0.2, 0) is 20.8 Å². The summed E-state index contributed by atoms with van der Waals surface area (Å²) >= 11 is 5.93. The largest absolute Gasteiger partial charge is 0.324 e. The average Bonchev–Trinajstić information content (AvgIpc) is 3.43. The van der Waals surface area contributed by atoms with Crippen LogP contribution >= 0.6 is 11.6 Å². The number of carbonyl (C=O) groups is 3. The van der Waals surface area contributed by atoms with Crippen molar-refractivity contribution in [2.45, 2.75) is 18.9 Å². The number of carbonyl (C=O) groups excluding carboxylic acids is 3. The molecule has 6 heteroatoms. The van der Waals surface area contributed by atoms with E-state index in [1.807, 2.05) is 30.3 Å². The van der Waals surface area contributed by atoms with E-state index in [-0.39, 0.29) is 47.8 Å². The third-order valence-electron chi connectivity index (χ3n) is 6.50. The van der Waals surface area contributed by atoms with Crippen molar-refractivity contribution >= 4 is 35.0 Å². The van der Waals surface area contributed by atoms with Crippen LogP contribution in [0.1, 0.15) is 12.0 Å². The van der Waals surface area contributed by atoms with Crippen LogP contribution in [0.15, 0.2) is 66.7 Å². The summed E-state index contributed by atoms with van der Waals surface area (Å²) in [6.07, 6.45) is 5.25. The lowest BCUT2D eigenvalue weighted by Gasteiger charge is -2.27. The highest BCUT2D eigenvalue weighted by atomic mass is 35.5. The van der Waals surface area contributed by atoms with Gasteiger partial charge >= 0.3 is 0 Å². The van der Waals surface area contributed by atoms with Gasteiger partial charge in [0.15, 0.2) is 0 Å². The van der Waals surface area contributed by atoms with Gasteiger partial charge in [0.25, 0.3) is 0 Å². The fourth-order valence-corrected chi connectivity index (χ4v) is 5.26. The van der Waals surface area contributed by atoms with Crippen molar-refractivity contribution in [3.63, 3.8) is 0 Å². The number of halogens is 1. The van der Waals surface area contributed by atoms with E-state index in [0.29, 0.717) is 10.7 Å². The molecule has 1 saturated heterocycles. The van der Waals surface area contributed by atoms with Crippen molar-refractivity contribution in [3.05, 3.63) is 77.3 Å². The third-order valence-corrected chi connectivity index (χ3v) is 6.75. The molecule has 0 radical (unpaired) electrons. The zero-order valence-corrected chi connectivity index (χ0v) is 17.0. The van der Waals surface area contributed by atoms with Gasteiger partial charge in [0.2, 0.25) is 17.7 Å². The van der Waals surface area contributed by atoms with Gasteiger partial charge in [0.1, 0.15) is 6.04 Å². The van der Waals surface area contributed by atoms with Crippen LogP contribution in [0.3, 0.4) is 0 Å². The van der Waals surface area contributed by atoms with Crippen molar-refractivity contribution in [2.24, 2.45) is 23.7 Å². The van der Waals surface area contributed by atoms with Crippen LogP contribution < -0.4 is 5.32 Å². The van der Waals surface area contributed by atoms with E-state index >= 15 is 0 Å². The molecular weight excluding hydrogens is 400 g/mol. The Kier molecular flexibility index (Phi) is 4.70. The van der Waals surface area contributed by atoms with Crippen molar-refractivity contribution in [1.29, 1.82) is 0 Å². The monoisotopic (exact) mass is 420 g/mol. The summed E-state index contributed by atoms with van der Waals surface area (Å²) in [5.41, 5.74) is 1.47. The number of hydrogen-bond acceptors (Lipinski definition) is 3. The maximum absolute atomic E-state index is 13.3. The number of hydrogen-bond donors (Lipinski definition) is 1. The number of fused-ring (bicyclic) bond motifs is 5. The van der Waals surface area contributed by atoms with Gasteiger partial charge in [-0.25, -0.2) is 0 Å². The van der Waals surface area contributed by atoms with Crippen LogP contribution in [0.2, 0.25) is 5.02 Å². The molecule has 5 nitrogen and oxygen atoms in total. The third kappa shape index (κ3) is 3.14. The van der Waals surface area contributed by atoms with Gasteiger partial charge in [-0.2, -0.15) is 0 Å². The molecule has 5 rings (SSSR count). The number of allylic oxidation sites excluding steroid dienone is 2. The highest BCUT2D eigenvalue weighted by Gasteiger charge is 2.61. The summed E-state index contributed by atoms with van der Waals surface area (Å²) in [4.78, 5) is 41.1. The molecule has 152 valence electrons. The lowest BCUT2D eigenvalue weighted by Crippen LogP contribution is -2.49.